The molecule has 2 aromatic carbocycles. The molecule has 2 aromatic rings. The van der Waals surface area contributed by atoms with Gasteiger partial charge in [0, 0.05) is 18.1 Å². The highest BCUT2D eigenvalue weighted by atomic mass is 16.5. The number of unbranched alkanes of at least 4 members (excludes halogenated alkanes) is 1. The van der Waals surface area contributed by atoms with Crippen molar-refractivity contribution in [2.45, 2.75) is 58.3 Å². The van der Waals surface area contributed by atoms with Gasteiger partial charge in [-0.1, -0.05) is 76.6 Å². The van der Waals surface area contributed by atoms with E-state index in [4.69, 9.17) is 4.74 Å². The van der Waals surface area contributed by atoms with E-state index < -0.39 is 0 Å². The smallest absolute Gasteiger partial charge is 0.123 e. The third kappa shape index (κ3) is 5.09. The van der Waals surface area contributed by atoms with E-state index in [0.717, 1.165) is 25.2 Å². The summed E-state index contributed by atoms with van der Waals surface area (Å²) >= 11 is 0. The van der Waals surface area contributed by atoms with E-state index in [-0.39, 0.29) is 17.9 Å². The van der Waals surface area contributed by atoms with E-state index in [9.17, 15) is 5.11 Å². The number of aliphatic hydroxyl groups excluding tert-OH is 1. The van der Waals surface area contributed by atoms with Crippen LogP contribution in [0.3, 0.4) is 0 Å². The maximum absolute atomic E-state index is 9.72. The van der Waals surface area contributed by atoms with Gasteiger partial charge >= 0.3 is 0 Å². The highest BCUT2D eigenvalue weighted by Crippen LogP contribution is 2.41. The van der Waals surface area contributed by atoms with Gasteiger partial charge in [-0.2, -0.15) is 0 Å². The minimum Gasteiger partial charge on any atom is -0.493 e. The first-order valence-corrected chi connectivity index (χ1v) is 9.41. The second kappa shape index (κ2) is 9.05. The first kappa shape index (κ1) is 19.5. The maximum Gasteiger partial charge on any atom is 0.123 e. The number of rotatable bonds is 8. The fourth-order valence-corrected chi connectivity index (χ4v) is 3.30. The van der Waals surface area contributed by atoms with Crippen LogP contribution in [0.4, 0.5) is 0 Å². The quantitative estimate of drug-likeness (QED) is 0.627. The second-order valence-corrected chi connectivity index (χ2v) is 7.64. The molecule has 136 valence electrons. The molecule has 0 saturated heterocycles. The van der Waals surface area contributed by atoms with Crippen LogP contribution in [-0.4, -0.2) is 18.3 Å². The number of ether oxygens (including phenoxy) is 1. The molecule has 0 spiro atoms. The van der Waals surface area contributed by atoms with Gasteiger partial charge in [0.1, 0.15) is 5.75 Å². The Morgan fingerprint density at radius 2 is 1.72 bits per heavy atom. The minimum atomic E-state index is 0.0158. The van der Waals surface area contributed by atoms with Gasteiger partial charge in [-0.3, -0.25) is 0 Å². The van der Waals surface area contributed by atoms with E-state index in [1.54, 1.807) is 0 Å². The summed E-state index contributed by atoms with van der Waals surface area (Å²) in [6, 6.07) is 16.8. The van der Waals surface area contributed by atoms with E-state index >= 15 is 0 Å². The van der Waals surface area contributed by atoms with Gasteiger partial charge in [-0.05, 0) is 35.4 Å². The van der Waals surface area contributed by atoms with Crippen LogP contribution < -0.4 is 4.74 Å². The minimum absolute atomic E-state index is 0.0158. The van der Waals surface area contributed by atoms with Crippen molar-refractivity contribution in [3.05, 3.63) is 65.2 Å². The molecule has 0 heterocycles. The van der Waals surface area contributed by atoms with Gasteiger partial charge in [0.05, 0.1) is 6.61 Å². The molecule has 1 unspecified atom stereocenters. The summed E-state index contributed by atoms with van der Waals surface area (Å²) in [5.74, 6) is 1.10. The highest BCUT2D eigenvalue weighted by molar-refractivity contribution is 5.49. The molecular weight excluding hydrogens is 308 g/mol. The van der Waals surface area contributed by atoms with Crippen molar-refractivity contribution in [3.63, 3.8) is 0 Å². The Morgan fingerprint density at radius 1 is 1.00 bits per heavy atom. The van der Waals surface area contributed by atoms with Crippen LogP contribution in [0.5, 0.6) is 5.75 Å². The lowest BCUT2D eigenvalue weighted by atomic mass is 9.77. The molecule has 0 aliphatic carbocycles. The summed E-state index contributed by atoms with van der Waals surface area (Å²) in [6.45, 7) is 9.78. The Labute approximate surface area is 152 Å². The van der Waals surface area contributed by atoms with E-state index in [2.05, 4.69) is 70.2 Å². The standard InChI is InChI=1S/C23H32O2/c1-5-6-17-25-21-14-10-13-20(23(2,3)4)22(21)19(15-16-24)18-11-8-7-9-12-18/h7-14,19,24H,5-6,15-17H2,1-4H3. The van der Waals surface area contributed by atoms with Crippen molar-refractivity contribution in [3.8, 4) is 5.75 Å². The molecule has 0 aliphatic rings. The highest BCUT2D eigenvalue weighted by Gasteiger charge is 2.27. The third-order valence-corrected chi connectivity index (χ3v) is 4.60. The first-order chi connectivity index (χ1) is 12.0. The van der Waals surface area contributed by atoms with Crippen molar-refractivity contribution in [1.29, 1.82) is 0 Å². The van der Waals surface area contributed by atoms with Crippen LogP contribution in [0.25, 0.3) is 0 Å². The maximum atomic E-state index is 9.72. The predicted octanol–water partition coefficient (Wildman–Crippen LogP) is 5.68. The molecule has 2 rings (SSSR count). The summed E-state index contributed by atoms with van der Waals surface area (Å²) in [4.78, 5) is 0. The predicted molar refractivity (Wildman–Crippen MR) is 106 cm³/mol. The van der Waals surface area contributed by atoms with Crippen molar-refractivity contribution < 1.29 is 9.84 Å². The molecule has 0 radical (unpaired) electrons. The Morgan fingerprint density at radius 3 is 2.32 bits per heavy atom. The molecule has 0 saturated carbocycles. The molecule has 1 atom stereocenters. The summed E-state index contributed by atoms with van der Waals surface area (Å²) < 4.78 is 6.18. The van der Waals surface area contributed by atoms with E-state index in [1.165, 1.54) is 16.7 Å². The second-order valence-electron chi connectivity index (χ2n) is 7.64. The molecule has 0 aliphatic heterocycles. The Balaban J connectivity index is 2.56. The van der Waals surface area contributed by atoms with Crippen LogP contribution in [0.2, 0.25) is 0 Å². The zero-order valence-corrected chi connectivity index (χ0v) is 16.1. The Bertz CT molecular complexity index is 641. The fourth-order valence-electron chi connectivity index (χ4n) is 3.30. The lowest BCUT2D eigenvalue weighted by Gasteiger charge is -2.30. The number of aliphatic hydroxyl groups is 1. The summed E-state index contributed by atoms with van der Waals surface area (Å²) in [5.41, 5.74) is 3.77. The summed E-state index contributed by atoms with van der Waals surface area (Å²) in [5, 5.41) is 9.72. The molecule has 0 aromatic heterocycles. The van der Waals surface area contributed by atoms with Crippen LogP contribution in [0.15, 0.2) is 48.5 Å². The summed E-state index contributed by atoms with van der Waals surface area (Å²) in [7, 11) is 0. The third-order valence-electron chi connectivity index (χ3n) is 4.60. The Kier molecular flexibility index (Phi) is 7.07. The van der Waals surface area contributed by atoms with Gasteiger partial charge < -0.3 is 9.84 Å². The van der Waals surface area contributed by atoms with Gasteiger partial charge in [0.2, 0.25) is 0 Å². The average molecular weight is 341 g/mol. The number of benzene rings is 2. The van der Waals surface area contributed by atoms with E-state index in [1.807, 2.05) is 6.07 Å². The lowest BCUT2D eigenvalue weighted by molar-refractivity contribution is 0.275. The van der Waals surface area contributed by atoms with Crippen molar-refractivity contribution in [2.24, 2.45) is 0 Å². The molecule has 2 heteroatoms. The van der Waals surface area contributed by atoms with Crippen LogP contribution in [0.1, 0.15) is 69.6 Å². The van der Waals surface area contributed by atoms with Gasteiger partial charge in [-0.15, -0.1) is 0 Å². The first-order valence-electron chi connectivity index (χ1n) is 9.41. The molecule has 0 amide bonds. The van der Waals surface area contributed by atoms with E-state index in [0.29, 0.717) is 6.42 Å². The van der Waals surface area contributed by atoms with Gasteiger partial charge in [0.25, 0.3) is 0 Å². The van der Waals surface area contributed by atoms with Gasteiger partial charge in [0.15, 0.2) is 0 Å². The zero-order chi connectivity index (χ0) is 18.3. The number of hydrogen-bond acceptors (Lipinski definition) is 2. The van der Waals surface area contributed by atoms with Gasteiger partial charge in [-0.25, -0.2) is 0 Å². The number of hydrogen-bond donors (Lipinski definition) is 1. The SMILES string of the molecule is CCCCOc1cccc(C(C)(C)C)c1C(CCO)c1ccccc1. The average Bonchev–Trinajstić information content (AvgIpc) is 2.60. The van der Waals surface area contributed by atoms with Crippen LogP contribution in [-0.2, 0) is 5.41 Å². The summed E-state index contributed by atoms with van der Waals surface area (Å²) in [6.07, 6.45) is 2.86. The molecular formula is C23H32O2. The Hall–Kier alpha value is -1.80. The molecule has 25 heavy (non-hydrogen) atoms. The topological polar surface area (TPSA) is 29.5 Å². The molecule has 1 N–H and O–H groups in total. The lowest BCUT2D eigenvalue weighted by Crippen LogP contribution is -2.19. The van der Waals surface area contributed by atoms with Crippen molar-refractivity contribution in [2.75, 3.05) is 13.2 Å². The molecule has 2 nitrogen and oxygen atoms in total. The fraction of sp³-hybridized carbons (Fsp3) is 0.478. The monoisotopic (exact) mass is 340 g/mol. The molecule has 0 fully saturated rings. The largest absolute Gasteiger partial charge is 0.493 e. The molecule has 0 bridgehead atoms. The van der Waals surface area contributed by atoms with Crippen LogP contribution in [0, 0.1) is 0 Å². The van der Waals surface area contributed by atoms with Crippen molar-refractivity contribution in [1.82, 2.24) is 0 Å². The van der Waals surface area contributed by atoms with Crippen LogP contribution >= 0.6 is 0 Å². The normalized spacial score (nSPS) is 12.8. The van der Waals surface area contributed by atoms with Crippen molar-refractivity contribution >= 4 is 0 Å². The zero-order valence-electron chi connectivity index (χ0n) is 16.1.